The third-order valence-electron chi connectivity index (χ3n) is 17.2. The highest BCUT2D eigenvalue weighted by Crippen LogP contribution is 2.44. The SMILES string of the molecule is [2H]c1c([2H])c([2H])c(-c2cc(-c3cccc(C(C)(C)C)c3)c(-[n+]3[c-]n(-c4cccc(Oc5ccc6c7ccccc7n(-c7cc(C([2H])([2H])[2H])c(-c8c([2H])c([2H])c([2H])c([2H])c8[2H])cn7)c6c5)c4)c4cc(-c5cc(C(C)(C)C)cc(C(C)(C)C)c5)ccc43)c(-c3c([2H])c(-c4c([2H])c([2H])c([2H])c([2H])c4[2H])c([2H])c(-c4c([2H])c([2H])c([2H])c([2H])c4[2H])c3[2H])c2)c([2H])c1[2H]. The lowest BCUT2D eigenvalue weighted by Gasteiger charge is -2.26. The lowest BCUT2D eigenvalue weighted by molar-refractivity contribution is -0.571. The molecule has 3 aromatic heterocycles. The standard InChI is InChI=1S/C91H78N4O/c1-60-45-87(92-58-82(60)64-33-21-14-22-34-64)95-83-40-24-23-39-78(83)79-43-42-77(57-85(79)95)96-76-38-26-37-75(56-76)93-59-94(84-44-41-65(54-86(84)93)69-50-73(90(5,6)7)55-74(51-69)91(8,9)10)88-80(66-35-25-36-72(49-66)89(2,3)4)52-70(63-31-19-13-20-32-63)53-81(88)71-47-67(61-27-15-11-16-28-61)46-68(48-71)62-29-17-12-18-30-62/h11-58H,1-10H3/i1D3,11D,12D,13D,14D,15D,16D,17D,18D,19D,20D,21D,22D,27D,28D,29D,30D,31D,32D,33D,34D,46D,47D,48D. The number of fused-ring (bicyclic) bond motifs is 4. The fourth-order valence-electron chi connectivity index (χ4n) is 12.1. The van der Waals surface area contributed by atoms with E-state index in [1.54, 1.807) is 68.3 Å². The molecular weight excluding hydrogens is 1170 g/mol. The molecule has 0 radical (unpaired) electrons. The summed E-state index contributed by atoms with van der Waals surface area (Å²) in [4.78, 5) is 4.77. The van der Waals surface area contributed by atoms with Crippen LogP contribution in [0.1, 0.15) is 120 Å². The molecule has 0 unspecified atom stereocenters. The summed E-state index contributed by atoms with van der Waals surface area (Å²) in [6.07, 6.45) is 4.87. The number of imidazole rings is 1. The lowest BCUT2D eigenvalue weighted by Crippen LogP contribution is -2.31. The average Bonchev–Trinajstić information content (AvgIpc) is 1.20. The van der Waals surface area contributed by atoms with E-state index in [-0.39, 0.29) is 72.8 Å². The van der Waals surface area contributed by atoms with E-state index in [2.05, 4.69) is 66.1 Å². The van der Waals surface area contributed by atoms with Crippen molar-refractivity contribution in [2.45, 2.75) is 85.4 Å². The maximum Gasteiger partial charge on any atom is 0.269 e. The zero-order chi connectivity index (χ0) is 88.6. The second-order valence-electron chi connectivity index (χ2n) is 26.7. The Morgan fingerprint density at radius 3 is 1.59 bits per heavy atom. The van der Waals surface area contributed by atoms with Gasteiger partial charge in [0.2, 0.25) is 0 Å². The van der Waals surface area contributed by atoms with Gasteiger partial charge in [0.15, 0.2) is 0 Å². The number of hydrogen-bond donors (Lipinski definition) is 0. The predicted octanol–water partition coefficient (Wildman–Crippen LogP) is 23.9. The quantitative estimate of drug-likeness (QED) is 0.0903. The number of pyridine rings is 1. The molecule has 15 aromatic rings. The molecular formula is C91H78N4O. The molecule has 468 valence electrons. The molecule has 0 aliphatic rings. The predicted molar refractivity (Wildman–Crippen MR) is 401 cm³/mol. The van der Waals surface area contributed by atoms with Gasteiger partial charge in [0, 0.05) is 32.7 Å². The highest BCUT2D eigenvalue weighted by Gasteiger charge is 2.27. The molecule has 15 rings (SSSR count). The topological polar surface area (TPSA) is 35.9 Å². The van der Waals surface area contributed by atoms with Crippen molar-refractivity contribution >= 4 is 32.8 Å². The van der Waals surface area contributed by atoms with Gasteiger partial charge in [-0.2, -0.15) is 0 Å². The molecule has 0 aliphatic heterocycles. The number of aromatic nitrogens is 4. The second kappa shape index (κ2) is 24.3. The first-order chi connectivity index (χ1) is 57.1. The molecule has 0 atom stereocenters. The first kappa shape index (κ1) is 38.3. The van der Waals surface area contributed by atoms with Crippen LogP contribution >= 0.6 is 0 Å². The van der Waals surface area contributed by atoms with Gasteiger partial charge in [0.05, 0.1) is 65.0 Å². The van der Waals surface area contributed by atoms with E-state index in [0.717, 1.165) is 33.2 Å². The van der Waals surface area contributed by atoms with Crippen LogP contribution in [0.25, 0.3) is 128 Å². The minimum atomic E-state index is -2.89. The Morgan fingerprint density at radius 2 is 0.958 bits per heavy atom. The Morgan fingerprint density at radius 1 is 0.406 bits per heavy atom. The fourth-order valence-corrected chi connectivity index (χ4v) is 12.1. The molecule has 0 aliphatic carbocycles. The molecule has 0 N–H and O–H groups in total. The Balaban J connectivity index is 1.05. The second-order valence-corrected chi connectivity index (χ2v) is 26.7. The van der Waals surface area contributed by atoms with Crippen molar-refractivity contribution in [2.24, 2.45) is 0 Å². The summed E-state index contributed by atoms with van der Waals surface area (Å²) in [6, 6.07) is 25.6. The molecule has 0 fully saturated rings. The van der Waals surface area contributed by atoms with Crippen LogP contribution in [-0.2, 0) is 16.2 Å². The molecule has 0 spiro atoms. The number of aryl methyl sites for hydroxylation is 1. The summed E-state index contributed by atoms with van der Waals surface area (Å²) in [5, 5.41) is 1.45. The minimum absolute atomic E-state index is 0.0347. The van der Waals surface area contributed by atoms with E-state index >= 15 is 0 Å². The van der Waals surface area contributed by atoms with Crippen molar-refractivity contribution < 1.29 is 44.9 Å². The number of hydrogen-bond acceptors (Lipinski definition) is 2. The Kier molecular flexibility index (Phi) is 9.70. The largest absolute Gasteiger partial charge is 0.458 e. The molecule has 0 saturated carbocycles. The highest BCUT2D eigenvalue weighted by atomic mass is 16.5. The number of para-hydroxylation sites is 1. The number of benzene rings is 12. The third-order valence-corrected chi connectivity index (χ3v) is 17.2. The number of rotatable bonds is 12. The van der Waals surface area contributed by atoms with Crippen molar-refractivity contribution in [3.63, 3.8) is 0 Å². The van der Waals surface area contributed by atoms with Gasteiger partial charge in [0.1, 0.15) is 17.3 Å². The molecule has 0 amide bonds. The smallest absolute Gasteiger partial charge is 0.269 e. The summed E-state index contributed by atoms with van der Waals surface area (Å²) in [6.45, 7) is 15.8. The molecule has 0 saturated heterocycles. The first-order valence-electron chi connectivity index (χ1n) is 44.4. The maximum atomic E-state index is 10.7. The highest BCUT2D eigenvalue weighted by molar-refractivity contribution is 6.09. The summed E-state index contributed by atoms with van der Waals surface area (Å²) < 4.78 is 250. The molecule has 96 heavy (non-hydrogen) atoms. The van der Waals surface area contributed by atoms with Gasteiger partial charge in [-0.05, 0) is 196 Å². The van der Waals surface area contributed by atoms with Crippen LogP contribution in [-0.4, -0.2) is 14.1 Å². The van der Waals surface area contributed by atoms with Crippen LogP contribution in [0.4, 0.5) is 0 Å². The van der Waals surface area contributed by atoms with Crippen molar-refractivity contribution in [2.75, 3.05) is 0 Å². The monoisotopic (exact) mass is 1270 g/mol. The Hall–Kier alpha value is -11.1. The van der Waals surface area contributed by atoms with Crippen molar-refractivity contribution in [3.8, 4) is 107 Å². The Bertz CT molecular complexity index is 6780. The third kappa shape index (κ3) is 11.8. The zero-order valence-electron chi connectivity index (χ0n) is 80.1. The summed E-state index contributed by atoms with van der Waals surface area (Å²) >= 11 is 0. The molecule has 5 heteroatoms. The normalized spacial score (nSPS) is 16.0. The minimum Gasteiger partial charge on any atom is -0.458 e. The van der Waals surface area contributed by atoms with Crippen molar-refractivity contribution in [3.05, 3.63) is 319 Å². The summed E-state index contributed by atoms with van der Waals surface area (Å²) in [7, 11) is 0. The summed E-state index contributed by atoms with van der Waals surface area (Å²) in [5.74, 6) is 0.663. The van der Waals surface area contributed by atoms with Crippen LogP contribution in [0.15, 0.2) is 291 Å². The first-order valence-corrected chi connectivity index (χ1v) is 31.4. The molecule has 0 bridgehead atoms. The molecule has 5 nitrogen and oxygen atoms in total. The zero-order valence-corrected chi connectivity index (χ0v) is 54.1. The van der Waals surface area contributed by atoms with Gasteiger partial charge < -0.3 is 4.74 Å². The van der Waals surface area contributed by atoms with Gasteiger partial charge in [0.25, 0.3) is 6.33 Å². The van der Waals surface area contributed by atoms with E-state index in [9.17, 15) is 12.3 Å². The van der Waals surface area contributed by atoms with Crippen molar-refractivity contribution in [1.29, 1.82) is 0 Å². The Labute approximate surface area is 601 Å². The average molecular weight is 1270 g/mol. The van der Waals surface area contributed by atoms with Crippen LogP contribution in [0.3, 0.4) is 0 Å². The summed E-state index contributed by atoms with van der Waals surface area (Å²) in [5.41, 5.74) is 1.16. The number of ether oxygens (including phenoxy) is 1. The van der Waals surface area contributed by atoms with Crippen LogP contribution in [0.5, 0.6) is 11.5 Å². The van der Waals surface area contributed by atoms with Gasteiger partial charge in [-0.15, -0.1) is 0 Å². The van der Waals surface area contributed by atoms with E-state index in [1.165, 1.54) is 18.3 Å². The van der Waals surface area contributed by atoms with Gasteiger partial charge in [-0.1, -0.05) is 262 Å². The lowest BCUT2D eigenvalue weighted by atomic mass is 9.79. The van der Waals surface area contributed by atoms with Crippen molar-refractivity contribution in [1.82, 2.24) is 14.1 Å². The fraction of sp³-hybridized carbons (Fsp3) is 0.143. The van der Waals surface area contributed by atoms with Crippen LogP contribution < -0.4 is 9.30 Å². The van der Waals surface area contributed by atoms with Gasteiger partial charge in [-0.25, -0.2) is 4.98 Å². The molecule has 12 aromatic carbocycles. The van der Waals surface area contributed by atoms with Crippen LogP contribution in [0, 0.1) is 13.2 Å². The van der Waals surface area contributed by atoms with Crippen LogP contribution in [0.2, 0.25) is 0 Å². The van der Waals surface area contributed by atoms with E-state index < -0.39 is 179 Å². The molecule has 3 heterocycles. The van der Waals surface area contributed by atoms with E-state index in [4.69, 9.17) is 33.0 Å². The van der Waals surface area contributed by atoms with Gasteiger partial charge >= 0.3 is 0 Å². The maximum absolute atomic E-state index is 10.7. The number of nitrogens with zero attached hydrogens (tertiary/aromatic N) is 4. The van der Waals surface area contributed by atoms with Gasteiger partial charge in [-0.3, -0.25) is 13.7 Å². The van der Waals surface area contributed by atoms with E-state index in [0.29, 0.717) is 38.7 Å². The van der Waals surface area contributed by atoms with E-state index in [1.807, 2.05) is 81.4 Å².